The normalized spacial score (nSPS) is 22.4. The van der Waals surface area contributed by atoms with Gasteiger partial charge in [-0.3, -0.25) is 4.79 Å². The van der Waals surface area contributed by atoms with E-state index >= 15 is 0 Å². The molecule has 5 heteroatoms. The van der Waals surface area contributed by atoms with Crippen molar-refractivity contribution in [3.05, 3.63) is 35.4 Å². The third-order valence-electron chi connectivity index (χ3n) is 3.74. The van der Waals surface area contributed by atoms with Gasteiger partial charge in [-0.25, -0.2) is 8.78 Å². The Bertz CT molecular complexity index is 493. The molecule has 0 aromatic heterocycles. The highest BCUT2D eigenvalue weighted by molar-refractivity contribution is 5.82. The highest BCUT2D eigenvalue weighted by atomic mass is 19.1. The molecule has 3 atom stereocenters. The van der Waals surface area contributed by atoms with Crippen LogP contribution < -0.4 is 5.32 Å². The van der Waals surface area contributed by atoms with Gasteiger partial charge in [-0.15, -0.1) is 0 Å². The van der Waals surface area contributed by atoms with Gasteiger partial charge in [-0.05, 0) is 36.3 Å². The van der Waals surface area contributed by atoms with E-state index < -0.39 is 11.6 Å². The van der Waals surface area contributed by atoms with Gasteiger partial charge in [0.25, 0.3) is 0 Å². The van der Waals surface area contributed by atoms with Gasteiger partial charge < -0.3 is 10.4 Å². The Kier molecular flexibility index (Phi) is 4.70. The molecule has 1 aromatic carbocycles. The van der Waals surface area contributed by atoms with E-state index in [4.69, 9.17) is 5.11 Å². The summed E-state index contributed by atoms with van der Waals surface area (Å²) >= 11 is 0. The number of carbonyl (C=O) groups is 1. The molecule has 2 N–H and O–H groups in total. The number of nitrogens with one attached hydrogen (secondary N) is 1. The average Bonchev–Trinajstić information content (AvgIpc) is 3.16. The first-order valence-corrected chi connectivity index (χ1v) is 6.86. The first kappa shape index (κ1) is 14.9. The van der Waals surface area contributed by atoms with E-state index in [0.29, 0.717) is 24.9 Å². The van der Waals surface area contributed by atoms with Crippen molar-refractivity contribution in [1.29, 1.82) is 0 Å². The maximum Gasteiger partial charge on any atom is 0.223 e. The lowest BCUT2D eigenvalue weighted by atomic mass is 10.1. The number of rotatable bonds is 6. The smallest absolute Gasteiger partial charge is 0.223 e. The molecule has 110 valence electrons. The fourth-order valence-corrected chi connectivity index (χ4v) is 2.36. The largest absolute Gasteiger partial charge is 0.396 e. The minimum atomic E-state index is -0.606. The third-order valence-corrected chi connectivity index (χ3v) is 3.74. The van der Waals surface area contributed by atoms with Crippen LogP contribution in [0.1, 0.15) is 31.2 Å². The van der Waals surface area contributed by atoms with Crippen LogP contribution in [0.15, 0.2) is 18.2 Å². The summed E-state index contributed by atoms with van der Waals surface area (Å²) in [7, 11) is 0. The Morgan fingerprint density at radius 3 is 2.90 bits per heavy atom. The van der Waals surface area contributed by atoms with Crippen molar-refractivity contribution in [1.82, 2.24) is 5.32 Å². The fourth-order valence-electron chi connectivity index (χ4n) is 2.36. The summed E-state index contributed by atoms with van der Waals surface area (Å²) in [5, 5.41) is 11.6. The van der Waals surface area contributed by atoms with Crippen molar-refractivity contribution in [2.45, 2.75) is 25.7 Å². The lowest BCUT2D eigenvalue weighted by Gasteiger charge is -2.11. The van der Waals surface area contributed by atoms with Crippen LogP contribution in [-0.2, 0) is 4.79 Å². The van der Waals surface area contributed by atoms with Gasteiger partial charge >= 0.3 is 0 Å². The molecule has 1 aliphatic rings. The summed E-state index contributed by atoms with van der Waals surface area (Å²) in [5.74, 6) is -1.45. The van der Waals surface area contributed by atoms with Gasteiger partial charge in [0.15, 0.2) is 0 Å². The second-order valence-corrected chi connectivity index (χ2v) is 5.48. The van der Waals surface area contributed by atoms with E-state index in [9.17, 15) is 13.6 Å². The van der Waals surface area contributed by atoms with Crippen LogP contribution in [0.25, 0.3) is 0 Å². The third kappa shape index (κ3) is 3.54. The summed E-state index contributed by atoms with van der Waals surface area (Å²) in [5.41, 5.74) is 0.412. The molecule has 0 bridgehead atoms. The lowest BCUT2D eigenvalue weighted by Crippen LogP contribution is -2.30. The lowest BCUT2D eigenvalue weighted by molar-refractivity contribution is -0.122. The molecule has 0 radical (unpaired) electrons. The summed E-state index contributed by atoms with van der Waals surface area (Å²) in [6, 6.07) is 3.48. The van der Waals surface area contributed by atoms with Crippen molar-refractivity contribution in [3.8, 4) is 0 Å². The van der Waals surface area contributed by atoms with E-state index in [-0.39, 0.29) is 30.3 Å². The van der Waals surface area contributed by atoms with Crippen molar-refractivity contribution in [3.63, 3.8) is 0 Å². The number of hydrogen-bond acceptors (Lipinski definition) is 2. The van der Waals surface area contributed by atoms with Crippen molar-refractivity contribution in [2.24, 2.45) is 11.8 Å². The molecule has 0 aliphatic heterocycles. The summed E-state index contributed by atoms with van der Waals surface area (Å²) in [6.07, 6.45) is 1.24. The molecule has 0 saturated heterocycles. The minimum Gasteiger partial charge on any atom is -0.396 e. The maximum atomic E-state index is 13.6. The number of carbonyl (C=O) groups excluding carboxylic acids is 1. The Hall–Kier alpha value is -1.49. The standard InChI is InChI=1S/C15H19F2NO2/c1-9(4-5-19)8-18-15(20)13-7-12(13)11-3-2-10(16)6-14(11)17/h2-3,6,9,12-13,19H,4-5,7-8H2,1H3,(H,18,20). The number of amides is 1. The highest BCUT2D eigenvalue weighted by Gasteiger charge is 2.45. The van der Waals surface area contributed by atoms with Crippen LogP contribution in [0.2, 0.25) is 0 Å². The van der Waals surface area contributed by atoms with Crippen LogP contribution in [0.3, 0.4) is 0 Å². The molecule has 1 aliphatic carbocycles. The molecule has 1 saturated carbocycles. The second-order valence-electron chi connectivity index (χ2n) is 5.48. The van der Waals surface area contributed by atoms with Crippen LogP contribution in [0.4, 0.5) is 8.78 Å². The zero-order chi connectivity index (χ0) is 14.7. The highest BCUT2D eigenvalue weighted by Crippen LogP contribution is 2.48. The number of halogens is 2. The van der Waals surface area contributed by atoms with Crippen LogP contribution in [0, 0.1) is 23.5 Å². The second kappa shape index (κ2) is 6.31. The van der Waals surface area contributed by atoms with Gasteiger partial charge in [0.1, 0.15) is 11.6 Å². The van der Waals surface area contributed by atoms with Crippen molar-refractivity contribution < 1.29 is 18.7 Å². The minimum absolute atomic E-state index is 0.0940. The van der Waals surface area contributed by atoms with Crippen LogP contribution >= 0.6 is 0 Å². The van der Waals surface area contributed by atoms with E-state index in [1.807, 2.05) is 6.92 Å². The van der Waals surface area contributed by atoms with E-state index in [1.165, 1.54) is 12.1 Å². The molecule has 20 heavy (non-hydrogen) atoms. The molecule has 2 rings (SSSR count). The van der Waals surface area contributed by atoms with E-state index in [0.717, 1.165) is 6.07 Å². The molecule has 1 fully saturated rings. The molecular weight excluding hydrogens is 264 g/mol. The molecular formula is C15H19F2NO2. The molecule has 3 unspecified atom stereocenters. The SMILES string of the molecule is CC(CCO)CNC(=O)C1CC1c1ccc(F)cc1F. The predicted molar refractivity (Wildman–Crippen MR) is 71.1 cm³/mol. The van der Waals surface area contributed by atoms with Crippen molar-refractivity contribution in [2.75, 3.05) is 13.2 Å². The molecule has 0 spiro atoms. The monoisotopic (exact) mass is 283 g/mol. The Morgan fingerprint density at radius 2 is 2.25 bits per heavy atom. The molecule has 0 heterocycles. The zero-order valence-electron chi connectivity index (χ0n) is 11.4. The number of aliphatic hydroxyl groups is 1. The van der Waals surface area contributed by atoms with Gasteiger partial charge in [0.05, 0.1) is 0 Å². The van der Waals surface area contributed by atoms with E-state index in [1.54, 1.807) is 0 Å². The topological polar surface area (TPSA) is 49.3 Å². The van der Waals surface area contributed by atoms with E-state index in [2.05, 4.69) is 5.32 Å². The summed E-state index contributed by atoms with van der Waals surface area (Å²) in [6.45, 7) is 2.55. The van der Waals surface area contributed by atoms with Crippen LogP contribution in [0.5, 0.6) is 0 Å². The zero-order valence-corrected chi connectivity index (χ0v) is 11.4. The maximum absolute atomic E-state index is 13.6. The van der Waals surface area contributed by atoms with Crippen molar-refractivity contribution >= 4 is 5.91 Å². The van der Waals surface area contributed by atoms with Gasteiger partial charge in [0.2, 0.25) is 5.91 Å². The molecule has 3 nitrogen and oxygen atoms in total. The van der Waals surface area contributed by atoms with Gasteiger partial charge in [-0.1, -0.05) is 13.0 Å². The Balaban J connectivity index is 1.86. The summed E-state index contributed by atoms with van der Waals surface area (Å²) in [4.78, 5) is 11.9. The van der Waals surface area contributed by atoms with Crippen LogP contribution in [-0.4, -0.2) is 24.2 Å². The predicted octanol–water partition coefficient (Wildman–Crippen LogP) is 2.20. The quantitative estimate of drug-likeness (QED) is 0.841. The Morgan fingerprint density at radius 1 is 1.50 bits per heavy atom. The first-order chi connectivity index (χ1) is 9.52. The number of benzene rings is 1. The van der Waals surface area contributed by atoms with Gasteiger partial charge in [-0.2, -0.15) is 0 Å². The first-order valence-electron chi connectivity index (χ1n) is 6.86. The Labute approximate surface area is 117 Å². The summed E-state index contributed by atoms with van der Waals surface area (Å²) < 4.78 is 26.4. The fraction of sp³-hybridized carbons (Fsp3) is 0.533. The molecule has 1 amide bonds. The number of hydrogen-bond donors (Lipinski definition) is 2. The van der Waals surface area contributed by atoms with Gasteiger partial charge in [0, 0.05) is 25.1 Å². The number of aliphatic hydroxyl groups excluding tert-OH is 1. The average molecular weight is 283 g/mol. The molecule has 1 aromatic rings.